The summed E-state index contributed by atoms with van der Waals surface area (Å²) in [5.74, 6) is 0.871. The van der Waals surface area contributed by atoms with Gasteiger partial charge in [-0.25, -0.2) is 4.79 Å². The summed E-state index contributed by atoms with van der Waals surface area (Å²) in [6.07, 6.45) is 4.56. The molecule has 1 fully saturated rings. The van der Waals surface area contributed by atoms with Crippen LogP contribution in [-0.2, 0) is 6.42 Å². The molecule has 5 nitrogen and oxygen atoms in total. The number of nitrogens with one attached hydrogen (secondary N) is 2. The number of likely N-dealkylation sites (N-methyl/N-ethyl adjacent to an activating group) is 1. The number of amides is 2. The molecular weight excluding hydrogens is 324 g/mol. The first-order chi connectivity index (χ1) is 12.5. The first-order valence-corrected chi connectivity index (χ1v) is 9.99. The van der Waals surface area contributed by atoms with Gasteiger partial charge in [0, 0.05) is 19.1 Å². The van der Waals surface area contributed by atoms with E-state index in [0.717, 1.165) is 31.8 Å². The van der Waals surface area contributed by atoms with Crippen LogP contribution in [0.4, 0.5) is 4.79 Å². The van der Waals surface area contributed by atoms with Crippen molar-refractivity contribution in [1.29, 1.82) is 0 Å². The fourth-order valence-electron chi connectivity index (χ4n) is 3.39. The highest BCUT2D eigenvalue weighted by Crippen LogP contribution is 2.15. The van der Waals surface area contributed by atoms with Crippen LogP contribution < -0.4 is 10.6 Å². The summed E-state index contributed by atoms with van der Waals surface area (Å²) < 4.78 is 0. The Labute approximate surface area is 159 Å². The first kappa shape index (κ1) is 20.7. The zero-order chi connectivity index (χ0) is 18.8. The summed E-state index contributed by atoms with van der Waals surface area (Å²) in [7, 11) is 4.12. The molecule has 2 N–H and O–H groups in total. The average Bonchev–Trinajstić information content (AvgIpc) is 2.64. The average molecular weight is 361 g/mol. The number of urea groups is 1. The van der Waals surface area contributed by atoms with E-state index in [4.69, 9.17) is 0 Å². The molecular formula is C21H36N4O. The molecule has 2 amide bonds. The van der Waals surface area contributed by atoms with Crippen molar-refractivity contribution in [2.75, 3.05) is 46.8 Å². The quantitative estimate of drug-likeness (QED) is 0.666. The van der Waals surface area contributed by atoms with Crippen LogP contribution in [0.25, 0.3) is 0 Å². The van der Waals surface area contributed by atoms with Gasteiger partial charge in [-0.15, -0.1) is 0 Å². The van der Waals surface area contributed by atoms with Gasteiger partial charge in [-0.2, -0.15) is 0 Å². The van der Waals surface area contributed by atoms with E-state index in [1.54, 1.807) is 0 Å². The van der Waals surface area contributed by atoms with Crippen molar-refractivity contribution in [2.24, 2.45) is 5.92 Å². The van der Waals surface area contributed by atoms with Crippen LogP contribution in [0.1, 0.15) is 31.7 Å². The summed E-state index contributed by atoms with van der Waals surface area (Å²) in [5, 5.41) is 6.02. The second-order valence-electron chi connectivity index (χ2n) is 7.82. The van der Waals surface area contributed by atoms with Crippen LogP contribution in [0.2, 0.25) is 0 Å². The van der Waals surface area contributed by atoms with E-state index >= 15 is 0 Å². The number of rotatable bonds is 9. The van der Waals surface area contributed by atoms with Crippen molar-refractivity contribution in [3.8, 4) is 0 Å². The van der Waals surface area contributed by atoms with E-state index < -0.39 is 0 Å². The third kappa shape index (κ3) is 7.75. The van der Waals surface area contributed by atoms with Crippen LogP contribution in [0.5, 0.6) is 0 Å². The molecule has 0 bridgehead atoms. The van der Waals surface area contributed by atoms with E-state index in [-0.39, 0.29) is 6.03 Å². The monoisotopic (exact) mass is 360 g/mol. The molecule has 1 heterocycles. The fraction of sp³-hybridized carbons (Fsp3) is 0.667. The number of benzene rings is 1. The predicted octanol–water partition coefficient (Wildman–Crippen LogP) is 2.58. The second kappa shape index (κ2) is 11.2. The molecule has 0 aliphatic carbocycles. The second-order valence-corrected chi connectivity index (χ2v) is 7.82. The lowest BCUT2D eigenvalue weighted by atomic mass is 9.99. The lowest BCUT2D eigenvalue weighted by molar-refractivity contribution is 0.190. The number of hydrogen-bond donors (Lipinski definition) is 2. The van der Waals surface area contributed by atoms with Crippen molar-refractivity contribution >= 4 is 6.03 Å². The fourth-order valence-corrected chi connectivity index (χ4v) is 3.39. The Morgan fingerprint density at radius 1 is 1.19 bits per heavy atom. The Morgan fingerprint density at radius 2 is 1.88 bits per heavy atom. The van der Waals surface area contributed by atoms with Gasteiger partial charge in [-0.05, 0) is 70.9 Å². The first-order valence-electron chi connectivity index (χ1n) is 9.99. The SMILES string of the molecule is CC1CCN(CCCNC(=O)NCC(Cc2ccccc2)N(C)C)CC1. The highest BCUT2D eigenvalue weighted by Gasteiger charge is 2.15. The topological polar surface area (TPSA) is 47.6 Å². The van der Waals surface area contributed by atoms with Gasteiger partial charge in [-0.1, -0.05) is 37.3 Å². The summed E-state index contributed by atoms with van der Waals surface area (Å²) in [6.45, 7) is 7.22. The third-order valence-corrected chi connectivity index (χ3v) is 5.36. The lowest BCUT2D eigenvalue weighted by Crippen LogP contribution is -2.45. The summed E-state index contributed by atoms with van der Waals surface area (Å²) in [6, 6.07) is 10.7. The Hall–Kier alpha value is -1.59. The smallest absolute Gasteiger partial charge is 0.314 e. The molecule has 0 aromatic heterocycles. The predicted molar refractivity (Wildman–Crippen MR) is 108 cm³/mol. The van der Waals surface area contributed by atoms with Gasteiger partial charge in [-0.3, -0.25) is 0 Å². The van der Waals surface area contributed by atoms with Crippen LogP contribution in [0, 0.1) is 5.92 Å². The van der Waals surface area contributed by atoms with Crippen molar-refractivity contribution in [2.45, 2.75) is 38.6 Å². The highest BCUT2D eigenvalue weighted by atomic mass is 16.2. The molecule has 146 valence electrons. The minimum atomic E-state index is -0.0582. The van der Waals surface area contributed by atoms with E-state index in [1.807, 2.05) is 6.07 Å². The van der Waals surface area contributed by atoms with Crippen LogP contribution in [0.3, 0.4) is 0 Å². The molecule has 2 rings (SSSR count). The molecule has 0 spiro atoms. The van der Waals surface area contributed by atoms with Crippen molar-refractivity contribution in [1.82, 2.24) is 20.4 Å². The molecule has 0 radical (unpaired) electrons. The summed E-state index contributed by atoms with van der Waals surface area (Å²) in [5.41, 5.74) is 1.30. The molecule has 1 atom stereocenters. The largest absolute Gasteiger partial charge is 0.338 e. The van der Waals surface area contributed by atoms with Gasteiger partial charge in [0.05, 0.1) is 0 Å². The standard InChI is InChI=1S/C21H36N4O/c1-18-10-14-25(15-11-18)13-7-12-22-21(26)23-17-20(24(2)3)16-19-8-5-4-6-9-19/h4-6,8-9,18,20H,7,10-17H2,1-3H3,(H2,22,23,26). The van der Waals surface area contributed by atoms with Gasteiger partial charge >= 0.3 is 6.03 Å². The van der Waals surface area contributed by atoms with Crippen molar-refractivity contribution in [3.63, 3.8) is 0 Å². The minimum absolute atomic E-state index is 0.0582. The Balaban J connectivity index is 1.60. The maximum Gasteiger partial charge on any atom is 0.314 e. The number of piperidine rings is 1. The highest BCUT2D eigenvalue weighted by molar-refractivity contribution is 5.73. The molecule has 1 saturated heterocycles. The van der Waals surface area contributed by atoms with Crippen molar-refractivity contribution < 1.29 is 4.79 Å². The van der Waals surface area contributed by atoms with Gasteiger partial charge in [0.25, 0.3) is 0 Å². The maximum atomic E-state index is 12.1. The third-order valence-electron chi connectivity index (χ3n) is 5.36. The van der Waals surface area contributed by atoms with E-state index in [2.05, 4.69) is 65.7 Å². The number of nitrogens with zero attached hydrogens (tertiary/aromatic N) is 2. The number of hydrogen-bond acceptors (Lipinski definition) is 3. The Bertz CT molecular complexity index is 512. The Kier molecular flexibility index (Phi) is 8.92. The normalized spacial score (nSPS) is 17.2. The maximum absolute atomic E-state index is 12.1. The van der Waals surface area contributed by atoms with Gasteiger partial charge in [0.2, 0.25) is 0 Å². The van der Waals surface area contributed by atoms with Gasteiger partial charge < -0.3 is 20.4 Å². The van der Waals surface area contributed by atoms with Crippen LogP contribution in [0.15, 0.2) is 30.3 Å². The molecule has 1 aromatic carbocycles. The Morgan fingerprint density at radius 3 is 2.54 bits per heavy atom. The van der Waals surface area contributed by atoms with Crippen LogP contribution in [-0.4, -0.2) is 68.7 Å². The van der Waals surface area contributed by atoms with Gasteiger partial charge in [0.15, 0.2) is 0 Å². The molecule has 1 aliphatic heterocycles. The molecule has 1 aliphatic rings. The zero-order valence-electron chi connectivity index (χ0n) is 16.7. The van der Waals surface area contributed by atoms with Crippen molar-refractivity contribution in [3.05, 3.63) is 35.9 Å². The minimum Gasteiger partial charge on any atom is -0.338 e. The molecule has 0 saturated carbocycles. The van der Waals surface area contributed by atoms with E-state index in [1.165, 1.54) is 31.5 Å². The number of carbonyl (C=O) groups excluding carboxylic acids is 1. The zero-order valence-corrected chi connectivity index (χ0v) is 16.7. The molecule has 26 heavy (non-hydrogen) atoms. The summed E-state index contributed by atoms with van der Waals surface area (Å²) >= 11 is 0. The van der Waals surface area contributed by atoms with E-state index in [9.17, 15) is 4.79 Å². The molecule has 5 heteroatoms. The number of carbonyl (C=O) groups is 1. The lowest BCUT2D eigenvalue weighted by Gasteiger charge is -2.30. The molecule has 1 aromatic rings. The van der Waals surface area contributed by atoms with Gasteiger partial charge in [0.1, 0.15) is 0 Å². The molecule has 1 unspecified atom stereocenters. The number of likely N-dealkylation sites (tertiary alicyclic amines) is 1. The van der Waals surface area contributed by atoms with Crippen LogP contribution >= 0.6 is 0 Å². The van der Waals surface area contributed by atoms with E-state index in [0.29, 0.717) is 12.6 Å². The summed E-state index contributed by atoms with van der Waals surface area (Å²) in [4.78, 5) is 16.7.